The lowest BCUT2D eigenvalue weighted by Gasteiger charge is -2.39. The number of hydrogen-bond donors (Lipinski definition) is 2. The normalized spacial score (nSPS) is 16.5. The number of hydrogen-bond acceptors (Lipinski definition) is 4. The zero-order chi connectivity index (χ0) is 18.3. The quantitative estimate of drug-likeness (QED) is 0.381. The van der Waals surface area contributed by atoms with Gasteiger partial charge in [-0.1, -0.05) is 12.1 Å². The van der Waals surface area contributed by atoms with Gasteiger partial charge in [-0.25, -0.2) is 9.79 Å². The molecule has 0 atom stereocenters. The summed E-state index contributed by atoms with van der Waals surface area (Å²) in [5, 5.41) is 6.04. The van der Waals surface area contributed by atoms with Crippen molar-refractivity contribution < 1.29 is 9.53 Å². The molecule has 1 aromatic rings. The molecule has 0 saturated carbocycles. The van der Waals surface area contributed by atoms with Crippen LogP contribution < -0.4 is 10.6 Å². The van der Waals surface area contributed by atoms with E-state index in [9.17, 15) is 4.79 Å². The molecule has 1 aliphatic heterocycles. The summed E-state index contributed by atoms with van der Waals surface area (Å²) < 4.78 is 4.83. The fraction of sp³-hybridized carbons (Fsp3) is 0.556. The molecule has 26 heavy (non-hydrogen) atoms. The molecule has 0 unspecified atom stereocenters. The molecule has 0 spiro atoms. The van der Waals surface area contributed by atoms with Crippen LogP contribution in [0.5, 0.6) is 0 Å². The first-order valence-electron chi connectivity index (χ1n) is 8.54. The first-order chi connectivity index (χ1) is 11.9. The second kappa shape index (κ2) is 10.9. The van der Waals surface area contributed by atoms with E-state index in [4.69, 9.17) is 4.99 Å². The summed E-state index contributed by atoms with van der Waals surface area (Å²) >= 11 is 2.01. The molecular weight excluding hydrogens is 463 g/mol. The van der Waals surface area contributed by atoms with Gasteiger partial charge in [-0.3, -0.25) is 5.32 Å². The molecule has 1 aliphatic rings. The molecule has 1 fully saturated rings. The highest BCUT2D eigenvalue weighted by Gasteiger charge is 2.28. The Morgan fingerprint density at radius 2 is 2.04 bits per heavy atom. The highest BCUT2D eigenvalue weighted by molar-refractivity contribution is 14.0. The lowest BCUT2D eigenvalue weighted by Crippen LogP contribution is -2.50. The van der Waals surface area contributed by atoms with Crippen molar-refractivity contribution in [2.75, 3.05) is 37.8 Å². The van der Waals surface area contributed by atoms with E-state index < -0.39 is 6.09 Å². The zero-order valence-corrected chi connectivity index (χ0v) is 19.0. The molecule has 0 aromatic heterocycles. The number of thioether (sulfide) groups is 1. The van der Waals surface area contributed by atoms with Crippen molar-refractivity contribution in [1.82, 2.24) is 10.2 Å². The largest absolute Gasteiger partial charge is 0.453 e. The number of nitrogens with one attached hydrogen (secondary N) is 2. The number of carbonyl (C=O) groups is 1. The lowest BCUT2D eigenvalue weighted by molar-refractivity contribution is 0.187. The Bertz CT molecular complexity index is 608. The first kappa shape index (κ1) is 22.9. The number of anilines is 1. The third-order valence-corrected chi connectivity index (χ3v) is 5.15. The van der Waals surface area contributed by atoms with Crippen molar-refractivity contribution in [2.45, 2.75) is 32.1 Å². The monoisotopic (exact) mass is 492 g/mol. The Kier molecular flexibility index (Phi) is 9.56. The maximum atomic E-state index is 11.2. The van der Waals surface area contributed by atoms with Crippen LogP contribution in [0, 0.1) is 0 Å². The van der Waals surface area contributed by atoms with Gasteiger partial charge in [0.25, 0.3) is 0 Å². The number of aliphatic imine (C=N–C) groups is 1. The smallest absolute Gasteiger partial charge is 0.411 e. The number of guanidine groups is 1. The SMILES string of the molecule is CCNC(=NCc1ccc(NC(=O)OC)cc1)N1CCSC(C)(C)C1.I. The van der Waals surface area contributed by atoms with Gasteiger partial charge in [-0.15, -0.1) is 24.0 Å². The third kappa shape index (κ3) is 7.22. The predicted molar refractivity (Wildman–Crippen MR) is 121 cm³/mol. The number of methoxy groups -OCH3 is 1. The van der Waals surface area contributed by atoms with Crippen LogP contribution in [0.3, 0.4) is 0 Å². The van der Waals surface area contributed by atoms with Gasteiger partial charge in [0.2, 0.25) is 0 Å². The van der Waals surface area contributed by atoms with E-state index in [1.807, 2.05) is 36.0 Å². The summed E-state index contributed by atoms with van der Waals surface area (Å²) in [6, 6.07) is 7.65. The van der Waals surface area contributed by atoms with Crippen LogP contribution in [-0.2, 0) is 11.3 Å². The van der Waals surface area contributed by atoms with Crippen LogP contribution in [0.15, 0.2) is 29.3 Å². The highest BCUT2D eigenvalue weighted by atomic mass is 127. The van der Waals surface area contributed by atoms with Gasteiger partial charge in [0.1, 0.15) is 0 Å². The molecule has 1 amide bonds. The van der Waals surface area contributed by atoms with E-state index >= 15 is 0 Å². The van der Waals surface area contributed by atoms with E-state index in [0.717, 1.165) is 36.9 Å². The minimum Gasteiger partial charge on any atom is -0.453 e. The first-order valence-corrected chi connectivity index (χ1v) is 9.53. The molecule has 1 heterocycles. The topological polar surface area (TPSA) is 66.0 Å². The van der Waals surface area contributed by atoms with Gasteiger partial charge in [-0.2, -0.15) is 11.8 Å². The number of amides is 1. The number of carbonyl (C=O) groups excluding carboxylic acids is 1. The second-order valence-electron chi connectivity index (χ2n) is 6.51. The Hall–Kier alpha value is -1.16. The van der Waals surface area contributed by atoms with Crippen molar-refractivity contribution in [3.63, 3.8) is 0 Å². The van der Waals surface area contributed by atoms with E-state index in [1.54, 1.807) is 0 Å². The van der Waals surface area contributed by atoms with Gasteiger partial charge in [-0.05, 0) is 38.5 Å². The molecule has 8 heteroatoms. The van der Waals surface area contributed by atoms with Crippen LogP contribution in [0.4, 0.5) is 10.5 Å². The Morgan fingerprint density at radius 1 is 1.35 bits per heavy atom. The third-order valence-electron chi connectivity index (χ3n) is 3.86. The van der Waals surface area contributed by atoms with E-state index in [2.05, 4.69) is 41.0 Å². The Balaban J connectivity index is 0.00000338. The average molecular weight is 492 g/mol. The minimum absolute atomic E-state index is 0. The number of halogens is 1. The maximum absolute atomic E-state index is 11.2. The predicted octanol–water partition coefficient (Wildman–Crippen LogP) is 3.78. The second-order valence-corrected chi connectivity index (χ2v) is 8.32. The van der Waals surface area contributed by atoms with Gasteiger partial charge in [0, 0.05) is 35.8 Å². The number of benzene rings is 1. The molecule has 1 aromatic carbocycles. The van der Waals surface area contributed by atoms with Gasteiger partial charge in [0.15, 0.2) is 5.96 Å². The van der Waals surface area contributed by atoms with Gasteiger partial charge in [0.05, 0.1) is 13.7 Å². The molecule has 2 N–H and O–H groups in total. The van der Waals surface area contributed by atoms with Crippen molar-refractivity contribution >= 4 is 53.5 Å². The van der Waals surface area contributed by atoms with Crippen molar-refractivity contribution in [1.29, 1.82) is 0 Å². The van der Waals surface area contributed by atoms with Crippen LogP contribution in [-0.4, -0.2) is 54.2 Å². The van der Waals surface area contributed by atoms with E-state index in [0.29, 0.717) is 12.2 Å². The molecule has 0 radical (unpaired) electrons. The summed E-state index contributed by atoms with van der Waals surface area (Å²) in [6.45, 7) is 10.1. The van der Waals surface area contributed by atoms with Crippen LogP contribution >= 0.6 is 35.7 Å². The van der Waals surface area contributed by atoms with Crippen LogP contribution in [0.2, 0.25) is 0 Å². The summed E-state index contributed by atoms with van der Waals surface area (Å²) in [7, 11) is 1.35. The summed E-state index contributed by atoms with van der Waals surface area (Å²) in [6.07, 6.45) is -0.467. The molecule has 1 saturated heterocycles. The molecule has 146 valence electrons. The fourth-order valence-corrected chi connectivity index (χ4v) is 3.76. The number of rotatable bonds is 4. The Morgan fingerprint density at radius 3 is 2.62 bits per heavy atom. The fourth-order valence-electron chi connectivity index (χ4n) is 2.65. The van der Waals surface area contributed by atoms with Crippen LogP contribution in [0.25, 0.3) is 0 Å². The molecular formula is C18H29IN4O2S. The van der Waals surface area contributed by atoms with E-state index in [1.165, 1.54) is 7.11 Å². The van der Waals surface area contributed by atoms with Gasteiger partial charge >= 0.3 is 6.09 Å². The van der Waals surface area contributed by atoms with Crippen molar-refractivity contribution in [3.8, 4) is 0 Å². The van der Waals surface area contributed by atoms with Crippen molar-refractivity contribution in [3.05, 3.63) is 29.8 Å². The highest BCUT2D eigenvalue weighted by Crippen LogP contribution is 2.29. The summed E-state index contributed by atoms with van der Waals surface area (Å²) in [4.78, 5) is 18.3. The summed E-state index contributed by atoms with van der Waals surface area (Å²) in [5.74, 6) is 2.08. The number of ether oxygens (including phenoxy) is 1. The van der Waals surface area contributed by atoms with E-state index in [-0.39, 0.29) is 28.7 Å². The molecule has 0 aliphatic carbocycles. The maximum Gasteiger partial charge on any atom is 0.411 e. The molecule has 0 bridgehead atoms. The minimum atomic E-state index is -0.467. The summed E-state index contributed by atoms with van der Waals surface area (Å²) in [5.41, 5.74) is 1.80. The lowest BCUT2D eigenvalue weighted by atomic mass is 10.2. The van der Waals surface area contributed by atoms with Gasteiger partial charge < -0.3 is 15.0 Å². The van der Waals surface area contributed by atoms with Crippen molar-refractivity contribution in [2.24, 2.45) is 4.99 Å². The average Bonchev–Trinajstić information content (AvgIpc) is 2.59. The Labute approximate surface area is 177 Å². The number of nitrogens with zero attached hydrogens (tertiary/aromatic N) is 2. The zero-order valence-electron chi connectivity index (χ0n) is 15.9. The standard InChI is InChI=1S/C18H28N4O2S.HI/c1-5-19-16(22-10-11-25-18(2,3)13-22)20-12-14-6-8-15(9-7-14)21-17(23)24-4;/h6-9H,5,10-13H2,1-4H3,(H,19,20)(H,21,23);1H. The van der Waals surface area contributed by atoms with Crippen LogP contribution in [0.1, 0.15) is 26.3 Å². The molecule has 6 nitrogen and oxygen atoms in total. The molecule has 2 rings (SSSR count).